The van der Waals surface area contributed by atoms with Gasteiger partial charge in [0.2, 0.25) is 0 Å². The number of hydrogen-bond donors (Lipinski definition) is 1. The van der Waals surface area contributed by atoms with Crippen molar-refractivity contribution in [2.75, 3.05) is 7.05 Å². The Labute approximate surface area is 133 Å². The number of rotatable bonds is 4. The monoisotopic (exact) mass is 331 g/mol. The van der Waals surface area contributed by atoms with Crippen LogP contribution in [0, 0.1) is 0 Å². The van der Waals surface area contributed by atoms with E-state index in [1.165, 1.54) is 0 Å². The van der Waals surface area contributed by atoms with Crippen molar-refractivity contribution in [2.45, 2.75) is 25.9 Å². The molecule has 0 saturated carbocycles. The standard InChI is InChI=1S/C14H16Cl3N3/c1-8(2)20-14(12(17)7-19-20)13(18-3)9-4-5-10(15)11(16)6-9/h4-8,13,18H,1-3H3. The average Bonchev–Trinajstić information content (AvgIpc) is 2.77. The highest BCUT2D eigenvalue weighted by Gasteiger charge is 2.22. The second kappa shape index (κ2) is 6.35. The Balaban J connectivity index is 2.52. The number of halogens is 3. The van der Waals surface area contributed by atoms with Gasteiger partial charge in [-0.1, -0.05) is 40.9 Å². The van der Waals surface area contributed by atoms with Crippen LogP contribution in [0.25, 0.3) is 0 Å². The van der Waals surface area contributed by atoms with Gasteiger partial charge in [-0.05, 0) is 38.6 Å². The first-order chi connectivity index (χ1) is 9.45. The molecule has 108 valence electrons. The summed E-state index contributed by atoms with van der Waals surface area (Å²) < 4.78 is 1.91. The lowest BCUT2D eigenvalue weighted by molar-refractivity contribution is 0.484. The van der Waals surface area contributed by atoms with Gasteiger partial charge < -0.3 is 5.32 Å². The summed E-state index contributed by atoms with van der Waals surface area (Å²) in [5.41, 5.74) is 1.91. The second-order valence-electron chi connectivity index (χ2n) is 4.81. The van der Waals surface area contributed by atoms with Crippen LogP contribution in [0.3, 0.4) is 0 Å². The smallest absolute Gasteiger partial charge is 0.0837 e. The van der Waals surface area contributed by atoms with Gasteiger partial charge in [0, 0.05) is 6.04 Å². The molecule has 0 aliphatic carbocycles. The minimum absolute atomic E-state index is 0.0952. The molecule has 0 radical (unpaired) electrons. The molecule has 1 unspecified atom stereocenters. The Morgan fingerprint density at radius 3 is 2.35 bits per heavy atom. The minimum Gasteiger partial charge on any atom is -0.308 e. The van der Waals surface area contributed by atoms with Crippen molar-refractivity contribution in [2.24, 2.45) is 0 Å². The predicted octanol–water partition coefficient (Wildman–Crippen LogP) is 4.73. The maximum Gasteiger partial charge on any atom is 0.0837 e. The molecule has 1 N–H and O–H groups in total. The third kappa shape index (κ3) is 2.96. The molecule has 0 aliphatic heterocycles. The summed E-state index contributed by atoms with van der Waals surface area (Å²) in [6, 6.07) is 5.69. The number of aromatic nitrogens is 2. The first-order valence-corrected chi connectivity index (χ1v) is 7.44. The summed E-state index contributed by atoms with van der Waals surface area (Å²) in [4.78, 5) is 0. The molecule has 2 rings (SSSR count). The van der Waals surface area contributed by atoms with Gasteiger partial charge in [-0.2, -0.15) is 5.10 Å². The number of hydrogen-bond acceptors (Lipinski definition) is 2. The Morgan fingerprint density at radius 2 is 1.80 bits per heavy atom. The van der Waals surface area contributed by atoms with Gasteiger partial charge in [0.05, 0.1) is 33.0 Å². The lowest BCUT2D eigenvalue weighted by Crippen LogP contribution is -2.22. The van der Waals surface area contributed by atoms with E-state index < -0.39 is 0 Å². The van der Waals surface area contributed by atoms with E-state index in [2.05, 4.69) is 24.3 Å². The van der Waals surface area contributed by atoms with Gasteiger partial charge in [0.15, 0.2) is 0 Å². The number of nitrogens with zero attached hydrogens (tertiary/aromatic N) is 2. The van der Waals surface area contributed by atoms with Crippen LogP contribution in [0.15, 0.2) is 24.4 Å². The summed E-state index contributed by atoms with van der Waals surface area (Å²) in [6.45, 7) is 4.13. The van der Waals surface area contributed by atoms with Crippen LogP contribution in [-0.4, -0.2) is 16.8 Å². The molecular weight excluding hydrogens is 317 g/mol. The largest absolute Gasteiger partial charge is 0.308 e. The van der Waals surface area contributed by atoms with E-state index in [0.29, 0.717) is 15.1 Å². The Hall–Kier alpha value is -0.740. The van der Waals surface area contributed by atoms with Crippen LogP contribution < -0.4 is 5.32 Å². The molecule has 0 bridgehead atoms. The third-order valence-electron chi connectivity index (χ3n) is 3.12. The number of benzene rings is 1. The predicted molar refractivity (Wildman–Crippen MR) is 85.0 cm³/mol. The molecule has 1 heterocycles. The van der Waals surface area contributed by atoms with Gasteiger partial charge in [0.1, 0.15) is 0 Å². The van der Waals surface area contributed by atoms with Crippen LogP contribution in [-0.2, 0) is 0 Å². The van der Waals surface area contributed by atoms with E-state index in [4.69, 9.17) is 34.8 Å². The SMILES string of the molecule is CNC(c1ccc(Cl)c(Cl)c1)c1c(Cl)cnn1C(C)C. The highest BCUT2D eigenvalue weighted by molar-refractivity contribution is 6.42. The fourth-order valence-corrected chi connectivity index (χ4v) is 2.73. The molecule has 0 aliphatic rings. The van der Waals surface area contributed by atoms with E-state index in [-0.39, 0.29) is 12.1 Å². The van der Waals surface area contributed by atoms with E-state index in [9.17, 15) is 0 Å². The number of nitrogens with one attached hydrogen (secondary N) is 1. The summed E-state index contributed by atoms with van der Waals surface area (Å²) in [7, 11) is 1.88. The van der Waals surface area contributed by atoms with Gasteiger partial charge in [-0.15, -0.1) is 0 Å². The summed E-state index contributed by atoms with van der Waals surface area (Å²) >= 11 is 18.4. The third-order valence-corrected chi connectivity index (χ3v) is 4.15. The first-order valence-electron chi connectivity index (χ1n) is 6.30. The second-order valence-corrected chi connectivity index (χ2v) is 6.03. The van der Waals surface area contributed by atoms with Gasteiger partial charge in [-0.25, -0.2) is 0 Å². The molecule has 6 heteroatoms. The maximum atomic E-state index is 6.30. The van der Waals surface area contributed by atoms with Crippen LogP contribution in [0.5, 0.6) is 0 Å². The van der Waals surface area contributed by atoms with E-state index in [1.807, 2.05) is 23.9 Å². The summed E-state index contributed by atoms with van der Waals surface area (Å²) in [5, 5.41) is 9.28. The highest BCUT2D eigenvalue weighted by Crippen LogP contribution is 2.32. The molecular formula is C14H16Cl3N3. The Bertz CT molecular complexity index is 608. The van der Waals surface area contributed by atoms with E-state index in [1.54, 1.807) is 12.3 Å². The molecule has 2 aromatic rings. The Kier molecular flexibility index (Phi) is 4.97. The Morgan fingerprint density at radius 1 is 1.10 bits per heavy atom. The van der Waals surface area contributed by atoms with Crippen LogP contribution in [0.1, 0.15) is 37.2 Å². The average molecular weight is 333 g/mol. The molecule has 3 nitrogen and oxygen atoms in total. The van der Waals surface area contributed by atoms with Crippen LogP contribution >= 0.6 is 34.8 Å². The zero-order valence-electron chi connectivity index (χ0n) is 11.5. The quantitative estimate of drug-likeness (QED) is 0.877. The van der Waals surface area contributed by atoms with Gasteiger partial charge in [0.25, 0.3) is 0 Å². The lowest BCUT2D eigenvalue weighted by Gasteiger charge is -2.21. The first kappa shape index (κ1) is 15.6. The van der Waals surface area contributed by atoms with Gasteiger partial charge in [-0.3, -0.25) is 4.68 Å². The fourth-order valence-electron chi connectivity index (χ4n) is 2.19. The highest BCUT2D eigenvalue weighted by atomic mass is 35.5. The van der Waals surface area contributed by atoms with Crippen molar-refractivity contribution in [1.82, 2.24) is 15.1 Å². The lowest BCUT2D eigenvalue weighted by atomic mass is 10.0. The summed E-state index contributed by atoms with van der Waals surface area (Å²) in [6.07, 6.45) is 1.67. The van der Waals surface area contributed by atoms with Crippen molar-refractivity contribution in [3.05, 3.63) is 50.7 Å². The van der Waals surface area contributed by atoms with Crippen molar-refractivity contribution in [3.63, 3.8) is 0 Å². The van der Waals surface area contributed by atoms with Crippen molar-refractivity contribution < 1.29 is 0 Å². The molecule has 0 spiro atoms. The van der Waals surface area contributed by atoms with Crippen molar-refractivity contribution in [1.29, 1.82) is 0 Å². The zero-order chi connectivity index (χ0) is 14.9. The molecule has 0 saturated heterocycles. The molecule has 1 aromatic carbocycles. The molecule has 0 fully saturated rings. The molecule has 20 heavy (non-hydrogen) atoms. The molecule has 0 amide bonds. The van der Waals surface area contributed by atoms with Crippen LogP contribution in [0.2, 0.25) is 15.1 Å². The molecule has 1 aromatic heterocycles. The van der Waals surface area contributed by atoms with Gasteiger partial charge >= 0.3 is 0 Å². The maximum absolute atomic E-state index is 6.30. The van der Waals surface area contributed by atoms with Crippen molar-refractivity contribution in [3.8, 4) is 0 Å². The molecule has 1 atom stereocenters. The topological polar surface area (TPSA) is 29.9 Å². The van der Waals surface area contributed by atoms with Crippen molar-refractivity contribution >= 4 is 34.8 Å². The normalized spacial score (nSPS) is 12.9. The summed E-state index contributed by atoms with van der Waals surface area (Å²) in [5.74, 6) is 0. The fraction of sp³-hybridized carbons (Fsp3) is 0.357. The van der Waals surface area contributed by atoms with E-state index >= 15 is 0 Å². The van der Waals surface area contributed by atoms with E-state index in [0.717, 1.165) is 11.3 Å². The van der Waals surface area contributed by atoms with Crippen LogP contribution in [0.4, 0.5) is 0 Å². The minimum atomic E-state index is -0.0952. The zero-order valence-corrected chi connectivity index (χ0v) is 13.8.